The molecule has 1 nitrogen and oxygen atoms in total. The number of ether oxygens (including phenoxy) is 1. The van der Waals surface area contributed by atoms with Crippen LogP contribution < -0.4 is 4.74 Å². The molecular formula is C20H20AsF4OS. The fraction of sp³-hybridized carbons (Fsp3) is 0.100. The van der Waals surface area contributed by atoms with Gasteiger partial charge in [0, 0.05) is 5.56 Å². The first-order valence-electron chi connectivity index (χ1n) is 8.06. The van der Waals surface area contributed by atoms with Crippen molar-refractivity contribution in [1.82, 2.24) is 0 Å². The second kappa shape index (κ2) is 10.4. The Morgan fingerprint density at radius 1 is 0.704 bits per heavy atom. The van der Waals surface area contributed by atoms with Crippen molar-refractivity contribution in [2.75, 3.05) is 7.11 Å². The molecule has 0 fully saturated rings. The van der Waals surface area contributed by atoms with Crippen molar-refractivity contribution in [3.8, 4) is 5.75 Å². The normalized spacial score (nSPS) is 11.5. The molecule has 0 amide bonds. The fourth-order valence-corrected chi connectivity index (χ4v) is 4.46. The van der Waals surface area contributed by atoms with Gasteiger partial charge in [-0.05, 0) is 36.4 Å². The zero-order valence-electron chi connectivity index (χ0n) is 14.6. The first kappa shape index (κ1) is 21.4. The molecule has 0 radical (unpaired) electrons. The zero-order valence-corrected chi connectivity index (χ0v) is 17.5. The number of methoxy groups -OCH3 is 1. The summed E-state index contributed by atoms with van der Waals surface area (Å²) in [5.41, 5.74) is 1.33. The number of benzene rings is 3. The van der Waals surface area contributed by atoms with Crippen molar-refractivity contribution in [2.45, 2.75) is 15.5 Å². The van der Waals surface area contributed by atoms with Crippen LogP contribution in [-0.4, -0.2) is 22.5 Å². The van der Waals surface area contributed by atoms with Gasteiger partial charge in [0.15, 0.2) is 9.79 Å². The molecule has 0 heterocycles. The van der Waals surface area contributed by atoms with Crippen LogP contribution >= 0.6 is 0 Å². The minimum absolute atomic E-state index is 0.0484. The van der Waals surface area contributed by atoms with Crippen molar-refractivity contribution >= 4 is 26.3 Å². The predicted molar refractivity (Wildman–Crippen MR) is 105 cm³/mol. The van der Waals surface area contributed by atoms with E-state index in [0.717, 1.165) is 11.5 Å². The molecule has 0 aliphatic rings. The quantitative estimate of drug-likeness (QED) is 0.260. The van der Waals surface area contributed by atoms with E-state index in [1.54, 1.807) is 7.11 Å². The number of rotatable bonds is 5. The molecule has 145 valence electrons. The van der Waals surface area contributed by atoms with Crippen LogP contribution in [0.4, 0.5) is 13.9 Å². The molecule has 3 aromatic carbocycles. The molecule has 7 heteroatoms. The van der Waals surface area contributed by atoms with Gasteiger partial charge in [-0.2, -0.15) is 0 Å². The van der Waals surface area contributed by atoms with Gasteiger partial charge in [-0.25, -0.2) is 0 Å². The monoisotopic (exact) mass is 459 g/mol. The third kappa shape index (κ3) is 8.10. The Hall–Kier alpha value is -1.91. The van der Waals surface area contributed by atoms with Gasteiger partial charge in [0.25, 0.3) is 0 Å². The number of halogens is 4. The summed E-state index contributed by atoms with van der Waals surface area (Å²) in [6.45, 7) is 0. The average molecular weight is 459 g/mol. The van der Waals surface area contributed by atoms with Crippen molar-refractivity contribution in [3.63, 3.8) is 0 Å². The molecule has 0 spiro atoms. The van der Waals surface area contributed by atoms with Crippen LogP contribution in [0.2, 0.25) is 0 Å². The summed E-state index contributed by atoms with van der Waals surface area (Å²) in [7, 11) is 1.75. The molecule has 0 saturated carbocycles. The van der Waals surface area contributed by atoms with E-state index in [-0.39, 0.29) is 10.9 Å². The van der Waals surface area contributed by atoms with E-state index in [2.05, 4.69) is 72.8 Å². The van der Waals surface area contributed by atoms with Gasteiger partial charge in [0.2, 0.25) is 0 Å². The Balaban J connectivity index is 0.000000465. The molecule has 0 bridgehead atoms. The Bertz CT molecular complexity index is 750. The zero-order chi connectivity index (χ0) is 19.7. The minimum atomic E-state index is -7.00. The standard InChI is InChI=1S/C20H19OS.AsF4H/c1-21-18-14-12-17(13-15-18)16-22(19-8-4-2-5-9-19)20-10-6-3-7-11-20;2-1(3,4)5/h2-15H,16H2,1H3;1H/q+1;-1. The van der Waals surface area contributed by atoms with Gasteiger partial charge >= 0.3 is 29.3 Å². The van der Waals surface area contributed by atoms with E-state index >= 15 is 0 Å². The molecule has 27 heavy (non-hydrogen) atoms. The molecule has 0 unspecified atom stereocenters. The van der Waals surface area contributed by atoms with E-state index in [4.69, 9.17) is 4.74 Å². The molecular weight excluding hydrogens is 439 g/mol. The van der Waals surface area contributed by atoms with Gasteiger partial charge in [-0.15, -0.1) is 0 Å². The Kier molecular flexibility index (Phi) is 8.26. The van der Waals surface area contributed by atoms with Crippen molar-refractivity contribution in [3.05, 3.63) is 90.5 Å². The SMILES string of the molecule is COc1ccc(C[S+](c2ccccc2)c2ccccc2)cc1.F[AsH-](F)(F)F. The van der Waals surface area contributed by atoms with Crippen LogP contribution in [0, 0.1) is 0 Å². The van der Waals surface area contributed by atoms with Gasteiger partial charge < -0.3 is 4.74 Å². The third-order valence-corrected chi connectivity index (χ3v) is 5.83. The summed E-state index contributed by atoms with van der Waals surface area (Å²) >= 11 is -7.00. The first-order valence-corrected chi connectivity index (χ1v) is 12.6. The van der Waals surface area contributed by atoms with Crippen LogP contribution in [-0.2, 0) is 16.6 Å². The molecule has 0 aromatic heterocycles. The van der Waals surface area contributed by atoms with Gasteiger partial charge in [-0.3, -0.25) is 0 Å². The average Bonchev–Trinajstić information content (AvgIpc) is 2.67. The topological polar surface area (TPSA) is 9.23 Å². The predicted octanol–water partition coefficient (Wildman–Crippen LogP) is 5.96. The Morgan fingerprint density at radius 2 is 1.11 bits per heavy atom. The summed E-state index contributed by atoms with van der Waals surface area (Å²) in [6, 6.07) is 29.9. The summed E-state index contributed by atoms with van der Waals surface area (Å²) in [5, 5.41) is 0. The molecule has 0 N–H and O–H groups in total. The maximum absolute atomic E-state index is 9.88. The van der Waals surface area contributed by atoms with E-state index in [1.165, 1.54) is 15.4 Å². The van der Waals surface area contributed by atoms with E-state index in [9.17, 15) is 13.9 Å². The fourth-order valence-electron chi connectivity index (χ4n) is 2.36. The van der Waals surface area contributed by atoms with Crippen LogP contribution in [0.25, 0.3) is 0 Å². The van der Waals surface area contributed by atoms with Crippen molar-refractivity contribution < 1.29 is 18.6 Å². The molecule has 0 aliphatic heterocycles. The second-order valence-electron chi connectivity index (χ2n) is 5.44. The van der Waals surface area contributed by atoms with Gasteiger partial charge in [0.1, 0.15) is 11.5 Å². The van der Waals surface area contributed by atoms with Crippen LogP contribution in [0.3, 0.4) is 0 Å². The van der Waals surface area contributed by atoms with Crippen molar-refractivity contribution in [1.29, 1.82) is 0 Å². The summed E-state index contributed by atoms with van der Waals surface area (Å²) in [4.78, 5) is 2.76. The Morgan fingerprint density at radius 3 is 1.48 bits per heavy atom. The first-order chi connectivity index (χ1) is 12.9. The van der Waals surface area contributed by atoms with E-state index < -0.39 is 15.4 Å². The number of hydrogen-bond donors (Lipinski definition) is 0. The third-order valence-electron chi connectivity index (χ3n) is 3.53. The number of hydrogen-bond acceptors (Lipinski definition) is 1. The summed E-state index contributed by atoms with van der Waals surface area (Å²) < 4.78 is 44.7. The molecule has 3 aromatic rings. The molecule has 0 atom stereocenters. The molecule has 0 aliphatic carbocycles. The Labute approximate surface area is 163 Å². The molecule has 3 rings (SSSR count). The van der Waals surface area contributed by atoms with E-state index in [0.29, 0.717) is 0 Å². The van der Waals surface area contributed by atoms with Crippen LogP contribution in [0.1, 0.15) is 5.56 Å². The maximum atomic E-state index is 9.88. The van der Waals surface area contributed by atoms with Gasteiger partial charge in [-0.1, -0.05) is 48.5 Å². The molecule has 0 saturated heterocycles. The summed E-state index contributed by atoms with van der Waals surface area (Å²) in [6.07, 6.45) is 0. The van der Waals surface area contributed by atoms with E-state index in [1.807, 2.05) is 12.1 Å². The van der Waals surface area contributed by atoms with Crippen molar-refractivity contribution in [2.24, 2.45) is 0 Å². The summed E-state index contributed by atoms with van der Waals surface area (Å²) in [5.74, 6) is 1.92. The van der Waals surface area contributed by atoms with Gasteiger partial charge in [0.05, 0.1) is 18.0 Å². The second-order valence-corrected chi connectivity index (χ2v) is 9.25. The van der Waals surface area contributed by atoms with Crippen LogP contribution in [0.15, 0.2) is 94.7 Å². The van der Waals surface area contributed by atoms with Crippen LogP contribution in [0.5, 0.6) is 5.75 Å².